The molecule has 1 N–H and O–H groups in total. The summed E-state index contributed by atoms with van der Waals surface area (Å²) in [6, 6.07) is 4.39. The minimum absolute atomic E-state index is 0.0386. The Bertz CT molecular complexity index is 997. The Labute approximate surface area is 163 Å². The lowest BCUT2D eigenvalue weighted by Crippen LogP contribution is -2.30. The van der Waals surface area contributed by atoms with Gasteiger partial charge in [0, 0.05) is 24.2 Å². The molecule has 0 radical (unpaired) electrons. The maximum Gasteiger partial charge on any atom is 0.416 e. The number of hydrogen-bond donors (Lipinski definition) is 1. The smallest absolute Gasteiger partial charge is 0.416 e. The zero-order chi connectivity index (χ0) is 20.5. The molecule has 10 heteroatoms. The van der Waals surface area contributed by atoms with Gasteiger partial charge >= 0.3 is 6.18 Å². The fourth-order valence-electron chi connectivity index (χ4n) is 2.52. The normalized spacial score (nSPS) is 12.6. The lowest BCUT2D eigenvalue weighted by atomic mass is 10.2. The monoisotopic (exact) mass is 410 g/mol. The van der Waals surface area contributed by atoms with E-state index in [4.69, 9.17) is 4.74 Å². The average Bonchev–Trinajstić information content (AvgIpc) is 3.20. The number of benzene rings is 1. The molecule has 1 amide bonds. The first kappa shape index (κ1) is 19.9. The van der Waals surface area contributed by atoms with Gasteiger partial charge in [-0.3, -0.25) is 14.8 Å². The molecule has 0 bridgehead atoms. The number of hydrogen-bond acceptors (Lipinski definition) is 5. The van der Waals surface area contributed by atoms with E-state index in [1.54, 1.807) is 17.1 Å². The van der Waals surface area contributed by atoms with E-state index in [2.05, 4.69) is 15.4 Å². The third-order valence-electron chi connectivity index (χ3n) is 3.87. The lowest BCUT2D eigenvalue weighted by Gasteiger charge is -2.15. The molecular formula is C18H17F3N4O2S. The van der Waals surface area contributed by atoms with Crippen LogP contribution >= 0.6 is 11.3 Å². The van der Waals surface area contributed by atoms with Crippen molar-refractivity contribution in [2.24, 2.45) is 7.05 Å². The number of halogens is 3. The summed E-state index contributed by atoms with van der Waals surface area (Å²) < 4.78 is 45.4. The van der Waals surface area contributed by atoms with Crippen LogP contribution in [-0.2, 0) is 18.0 Å². The number of nitrogens with one attached hydrogen (secondary N) is 1. The first-order valence-corrected chi connectivity index (χ1v) is 9.12. The van der Waals surface area contributed by atoms with Crippen LogP contribution in [0, 0.1) is 6.92 Å². The molecule has 0 unspecified atom stereocenters. The van der Waals surface area contributed by atoms with Gasteiger partial charge in [0.25, 0.3) is 5.91 Å². The van der Waals surface area contributed by atoms with Crippen molar-refractivity contribution in [2.45, 2.75) is 26.1 Å². The van der Waals surface area contributed by atoms with Gasteiger partial charge in [0.15, 0.2) is 11.2 Å². The van der Waals surface area contributed by atoms with Crippen molar-refractivity contribution in [3.05, 3.63) is 47.1 Å². The van der Waals surface area contributed by atoms with Gasteiger partial charge in [-0.2, -0.15) is 18.3 Å². The van der Waals surface area contributed by atoms with Crippen LogP contribution in [0.1, 0.15) is 18.2 Å². The summed E-state index contributed by atoms with van der Waals surface area (Å²) >= 11 is 1.24. The number of carbonyl (C=O) groups is 1. The third kappa shape index (κ3) is 4.50. The molecule has 6 nitrogen and oxygen atoms in total. The molecule has 0 aliphatic carbocycles. The Hall–Kier alpha value is -2.88. The summed E-state index contributed by atoms with van der Waals surface area (Å²) in [5, 5.41) is 9.02. The molecule has 3 rings (SSSR count). The van der Waals surface area contributed by atoms with Crippen molar-refractivity contribution in [1.29, 1.82) is 0 Å². The zero-order valence-corrected chi connectivity index (χ0v) is 16.1. The van der Waals surface area contributed by atoms with E-state index >= 15 is 0 Å². The van der Waals surface area contributed by atoms with E-state index in [1.807, 2.05) is 13.1 Å². The van der Waals surface area contributed by atoms with Gasteiger partial charge in [0.05, 0.1) is 17.0 Å². The quantitative estimate of drug-likeness (QED) is 0.682. The summed E-state index contributed by atoms with van der Waals surface area (Å²) in [7, 11) is 1.80. The van der Waals surface area contributed by atoms with E-state index in [0.717, 1.165) is 23.4 Å². The number of thiazole rings is 1. The Morgan fingerprint density at radius 2 is 2.11 bits per heavy atom. The molecule has 0 saturated heterocycles. The van der Waals surface area contributed by atoms with Crippen molar-refractivity contribution in [3.8, 4) is 17.0 Å². The van der Waals surface area contributed by atoms with Gasteiger partial charge in [-0.15, -0.1) is 11.3 Å². The predicted molar refractivity (Wildman–Crippen MR) is 99.2 cm³/mol. The third-order valence-corrected chi connectivity index (χ3v) is 4.62. The second-order valence-electron chi connectivity index (χ2n) is 6.11. The molecule has 2 heterocycles. The van der Waals surface area contributed by atoms with Crippen molar-refractivity contribution < 1.29 is 22.7 Å². The number of aryl methyl sites for hydroxylation is 2. The maximum atomic E-state index is 12.8. The summed E-state index contributed by atoms with van der Waals surface area (Å²) in [6.07, 6.45) is -3.65. The second kappa shape index (κ2) is 7.63. The number of anilines is 1. The van der Waals surface area contributed by atoms with Crippen LogP contribution in [0.2, 0.25) is 0 Å². The van der Waals surface area contributed by atoms with Gasteiger partial charge < -0.3 is 4.74 Å². The van der Waals surface area contributed by atoms with Crippen LogP contribution in [-0.4, -0.2) is 26.8 Å². The molecule has 0 aliphatic heterocycles. The minimum atomic E-state index is -4.48. The van der Waals surface area contributed by atoms with E-state index < -0.39 is 23.8 Å². The SMILES string of the molecule is Cc1nn(C)cc1-c1csc(NC(=O)[C@H](C)Oc2cccc(C(F)(F)F)c2)n1. The summed E-state index contributed by atoms with van der Waals surface area (Å²) in [5.41, 5.74) is 1.51. The Kier molecular flexibility index (Phi) is 5.41. The predicted octanol–water partition coefficient (Wildman–Crippen LogP) is 4.28. The minimum Gasteiger partial charge on any atom is -0.481 e. The van der Waals surface area contributed by atoms with Gasteiger partial charge in [0.1, 0.15) is 5.75 Å². The molecule has 148 valence electrons. The van der Waals surface area contributed by atoms with Crippen molar-refractivity contribution >= 4 is 22.4 Å². The van der Waals surface area contributed by atoms with Gasteiger partial charge in [-0.25, -0.2) is 4.98 Å². The van der Waals surface area contributed by atoms with Crippen LogP contribution in [0.15, 0.2) is 35.8 Å². The highest BCUT2D eigenvalue weighted by atomic mass is 32.1. The maximum absolute atomic E-state index is 12.8. The highest BCUT2D eigenvalue weighted by Gasteiger charge is 2.31. The Morgan fingerprint density at radius 1 is 1.36 bits per heavy atom. The van der Waals surface area contributed by atoms with Crippen LogP contribution in [0.3, 0.4) is 0 Å². The van der Waals surface area contributed by atoms with E-state index in [0.29, 0.717) is 10.8 Å². The average molecular weight is 410 g/mol. The molecule has 1 atom stereocenters. The number of aromatic nitrogens is 3. The highest BCUT2D eigenvalue weighted by molar-refractivity contribution is 7.14. The fraction of sp³-hybridized carbons (Fsp3) is 0.278. The Morgan fingerprint density at radius 3 is 2.75 bits per heavy atom. The number of ether oxygens (including phenoxy) is 1. The molecule has 0 saturated carbocycles. The standard InChI is InChI=1S/C18H17F3N4O2S/c1-10-14(8-25(3)24-10)15-9-28-17(22-15)23-16(26)11(2)27-13-6-4-5-12(7-13)18(19,20)21/h4-9,11H,1-3H3,(H,22,23,26)/t11-/m0/s1. The number of carbonyl (C=O) groups excluding carboxylic acids is 1. The summed E-state index contributed by atoms with van der Waals surface area (Å²) in [6.45, 7) is 3.31. The molecule has 2 aromatic heterocycles. The summed E-state index contributed by atoms with van der Waals surface area (Å²) in [5.74, 6) is -0.551. The zero-order valence-electron chi connectivity index (χ0n) is 15.2. The number of alkyl halides is 3. The van der Waals surface area contributed by atoms with E-state index in [-0.39, 0.29) is 5.75 Å². The van der Waals surface area contributed by atoms with Crippen LogP contribution in [0.5, 0.6) is 5.75 Å². The lowest BCUT2D eigenvalue weighted by molar-refractivity contribution is -0.137. The molecule has 1 aromatic carbocycles. The molecule has 0 spiro atoms. The molecule has 28 heavy (non-hydrogen) atoms. The second-order valence-corrected chi connectivity index (χ2v) is 6.97. The van der Waals surface area contributed by atoms with Crippen molar-refractivity contribution in [3.63, 3.8) is 0 Å². The van der Waals surface area contributed by atoms with Gasteiger partial charge in [-0.05, 0) is 32.0 Å². The molecule has 3 aromatic rings. The van der Waals surface area contributed by atoms with Crippen molar-refractivity contribution in [1.82, 2.24) is 14.8 Å². The molecule has 0 aliphatic rings. The topological polar surface area (TPSA) is 69.0 Å². The van der Waals surface area contributed by atoms with E-state index in [9.17, 15) is 18.0 Å². The number of amides is 1. The highest BCUT2D eigenvalue weighted by Crippen LogP contribution is 2.31. The molecule has 0 fully saturated rings. The van der Waals surface area contributed by atoms with E-state index in [1.165, 1.54) is 30.4 Å². The first-order valence-electron chi connectivity index (χ1n) is 8.24. The van der Waals surface area contributed by atoms with Gasteiger partial charge in [0.2, 0.25) is 0 Å². The molecular weight excluding hydrogens is 393 g/mol. The van der Waals surface area contributed by atoms with Crippen molar-refractivity contribution in [2.75, 3.05) is 5.32 Å². The van der Waals surface area contributed by atoms with Crippen LogP contribution in [0.4, 0.5) is 18.3 Å². The largest absolute Gasteiger partial charge is 0.481 e. The van der Waals surface area contributed by atoms with Crippen LogP contribution in [0.25, 0.3) is 11.3 Å². The number of rotatable bonds is 5. The number of nitrogens with zero attached hydrogens (tertiary/aromatic N) is 3. The Balaban J connectivity index is 1.66. The van der Waals surface area contributed by atoms with Crippen LogP contribution < -0.4 is 10.1 Å². The fourth-order valence-corrected chi connectivity index (χ4v) is 3.23. The summed E-state index contributed by atoms with van der Waals surface area (Å²) in [4.78, 5) is 16.7. The first-order chi connectivity index (χ1) is 13.1. The van der Waals surface area contributed by atoms with Gasteiger partial charge in [-0.1, -0.05) is 6.07 Å².